The minimum atomic E-state index is -0.586. The smallest absolute Gasteiger partial charge is 0.271 e. The lowest BCUT2D eigenvalue weighted by molar-refractivity contribution is -0.268. The van der Waals surface area contributed by atoms with E-state index in [-0.39, 0.29) is 36.3 Å². The highest BCUT2D eigenvalue weighted by Gasteiger charge is 2.38. The number of carbonyl (C=O) groups is 1. The minimum Gasteiger partial charge on any atom is -0.392 e. The van der Waals surface area contributed by atoms with Crippen LogP contribution in [0.4, 0.5) is 0 Å². The van der Waals surface area contributed by atoms with Gasteiger partial charge in [-0.2, -0.15) is 0 Å². The first-order valence-electron chi connectivity index (χ1n) is 14.1. The monoisotopic (exact) mass is 593 g/mol. The van der Waals surface area contributed by atoms with E-state index >= 15 is 0 Å². The van der Waals surface area contributed by atoms with Crippen molar-refractivity contribution in [1.82, 2.24) is 25.3 Å². The van der Waals surface area contributed by atoms with Gasteiger partial charge in [0.15, 0.2) is 11.4 Å². The summed E-state index contributed by atoms with van der Waals surface area (Å²) in [4.78, 5) is 30.2. The molecule has 1 fully saturated rings. The number of para-hydroxylation sites is 2. The number of aliphatic hydroxyl groups excluding tert-OH is 1. The van der Waals surface area contributed by atoms with Gasteiger partial charge in [-0.1, -0.05) is 79.3 Å². The SMILES string of the molecule is C[C@H]1[C@@H](CSc2ncccn2)O[C@@H](c2ccc(CNC(=O)c3cnc4ccccc4n3)cc2)O[C@H]1c1ccc(CO)cc1. The highest BCUT2D eigenvalue weighted by Crippen LogP contribution is 2.42. The first-order valence-corrected chi connectivity index (χ1v) is 15.0. The lowest BCUT2D eigenvalue weighted by atomic mass is 9.91. The molecule has 43 heavy (non-hydrogen) atoms. The van der Waals surface area contributed by atoms with Gasteiger partial charge in [-0.05, 0) is 34.9 Å². The van der Waals surface area contributed by atoms with E-state index in [0.717, 1.165) is 27.8 Å². The number of nitrogens with one attached hydrogen (secondary N) is 1. The average Bonchev–Trinajstić information content (AvgIpc) is 3.07. The zero-order valence-corrected chi connectivity index (χ0v) is 24.4. The van der Waals surface area contributed by atoms with Gasteiger partial charge in [0.2, 0.25) is 0 Å². The average molecular weight is 594 g/mol. The van der Waals surface area contributed by atoms with Crippen LogP contribution in [0, 0.1) is 5.92 Å². The molecule has 2 N–H and O–H groups in total. The van der Waals surface area contributed by atoms with E-state index in [1.54, 1.807) is 30.2 Å². The van der Waals surface area contributed by atoms with Crippen LogP contribution in [-0.2, 0) is 22.6 Å². The number of ether oxygens (including phenoxy) is 2. The fraction of sp³-hybridized carbons (Fsp3) is 0.242. The summed E-state index contributed by atoms with van der Waals surface area (Å²) in [6, 6.07) is 25.0. The van der Waals surface area contributed by atoms with Crippen LogP contribution >= 0.6 is 11.8 Å². The Morgan fingerprint density at radius 2 is 1.56 bits per heavy atom. The molecule has 0 spiro atoms. The van der Waals surface area contributed by atoms with Crippen LogP contribution in [0.15, 0.2) is 103 Å². The van der Waals surface area contributed by atoms with Crippen molar-refractivity contribution in [2.24, 2.45) is 5.92 Å². The number of fused-ring (bicyclic) bond motifs is 1. The van der Waals surface area contributed by atoms with Gasteiger partial charge >= 0.3 is 0 Å². The molecular formula is C33H31N5O4S. The Morgan fingerprint density at radius 3 is 2.30 bits per heavy atom. The Morgan fingerprint density at radius 1 is 0.860 bits per heavy atom. The number of hydrogen-bond acceptors (Lipinski definition) is 9. The third kappa shape index (κ3) is 6.89. The normalized spacial score (nSPS) is 20.1. The molecule has 1 aliphatic heterocycles. The fourth-order valence-electron chi connectivity index (χ4n) is 4.96. The Hall–Kier alpha value is -4.22. The second kappa shape index (κ2) is 13.4. The van der Waals surface area contributed by atoms with Gasteiger partial charge in [0.1, 0.15) is 5.69 Å². The van der Waals surface area contributed by atoms with Crippen LogP contribution in [0.5, 0.6) is 0 Å². The fourth-order valence-corrected chi connectivity index (χ4v) is 5.92. The first-order chi connectivity index (χ1) is 21.1. The van der Waals surface area contributed by atoms with E-state index in [4.69, 9.17) is 9.47 Å². The Labute approximate surface area is 253 Å². The molecule has 1 aliphatic rings. The summed E-state index contributed by atoms with van der Waals surface area (Å²) in [5, 5.41) is 13.1. The molecule has 0 radical (unpaired) electrons. The van der Waals surface area contributed by atoms with Crippen molar-refractivity contribution < 1.29 is 19.4 Å². The zero-order chi connectivity index (χ0) is 29.6. The van der Waals surface area contributed by atoms with Gasteiger partial charge in [-0.3, -0.25) is 9.78 Å². The number of nitrogens with zero attached hydrogens (tertiary/aromatic N) is 4. The third-order valence-corrected chi connectivity index (χ3v) is 8.39. The van der Waals surface area contributed by atoms with Gasteiger partial charge in [0.05, 0.1) is 36.0 Å². The summed E-state index contributed by atoms with van der Waals surface area (Å²) in [6.07, 6.45) is 4.03. The number of aromatic nitrogens is 4. The molecule has 2 aromatic heterocycles. The van der Waals surface area contributed by atoms with Gasteiger partial charge in [-0.25, -0.2) is 15.0 Å². The lowest BCUT2D eigenvalue weighted by Crippen LogP contribution is -2.38. The third-order valence-electron chi connectivity index (χ3n) is 7.43. The van der Waals surface area contributed by atoms with Gasteiger partial charge in [-0.15, -0.1) is 0 Å². The molecule has 218 valence electrons. The number of aliphatic hydroxyl groups is 1. The molecule has 1 amide bonds. The predicted octanol–water partition coefficient (Wildman–Crippen LogP) is 5.43. The molecular weight excluding hydrogens is 562 g/mol. The molecule has 0 unspecified atom stereocenters. The van der Waals surface area contributed by atoms with Crippen molar-refractivity contribution >= 4 is 28.7 Å². The van der Waals surface area contributed by atoms with Gasteiger partial charge in [0.25, 0.3) is 5.91 Å². The number of carbonyl (C=O) groups excluding carboxylic acids is 1. The Bertz CT molecular complexity index is 1670. The van der Waals surface area contributed by atoms with Crippen molar-refractivity contribution in [2.45, 2.75) is 43.7 Å². The van der Waals surface area contributed by atoms with E-state index in [0.29, 0.717) is 23.0 Å². The largest absolute Gasteiger partial charge is 0.392 e. The van der Waals surface area contributed by atoms with Crippen LogP contribution in [0.3, 0.4) is 0 Å². The van der Waals surface area contributed by atoms with Crippen molar-refractivity contribution in [3.8, 4) is 0 Å². The van der Waals surface area contributed by atoms with Crippen molar-refractivity contribution in [3.05, 3.63) is 125 Å². The van der Waals surface area contributed by atoms with Crippen molar-refractivity contribution in [1.29, 1.82) is 0 Å². The van der Waals surface area contributed by atoms with Crippen LogP contribution in [0.1, 0.15) is 52.1 Å². The second-order valence-electron chi connectivity index (χ2n) is 10.3. The van der Waals surface area contributed by atoms with Gasteiger partial charge in [0, 0.05) is 36.2 Å². The number of hydrogen-bond donors (Lipinski definition) is 2. The number of thioether (sulfide) groups is 1. The Kier molecular flexibility index (Phi) is 8.99. The van der Waals surface area contributed by atoms with Crippen LogP contribution in [0.25, 0.3) is 11.0 Å². The lowest BCUT2D eigenvalue weighted by Gasteiger charge is -2.41. The standard InChI is InChI=1S/C33H31N5O4S/c1-21-29(20-43-33-34-15-4-16-35-33)41-32(42-30(21)24-11-9-23(19-39)10-12-24)25-13-7-22(8-14-25)17-37-31(40)28-18-36-26-5-2-3-6-27(26)38-28/h2-16,18,21,29-30,32,39H,17,19-20H2,1H3,(H,37,40)/t21-,29+,30+,32+/m0/s1. The number of rotatable bonds is 9. The maximum Gasteiger partial charge on any atom is 0.271 e. The highest BCUT2D eigenvalue weighted by atomic mass is 32.2. The number of amides is 1. The molecule has 3 heterocycles. The minimum absolute atomic E-state index is 0.00804. The zero-order valence-electron chi connectivity index (χ0n) is 23.5. The first kappa shape index (κ1) is 28.9. The summed E-state index contributed by atoms with van der Waals surface area (Å²) in [5.41, 5.74) is 5.39. The molecule has 0 aliphatic carbocycles. The maximum atomic E-state index is 12.7. The molecule has 1 saturated heterocycles. The summed E-state index contributed by atoms with van der Waals surface area (Å²) < 4.78 is 13.1. The molecule has 6 rings (SSSR count). The van der Waals surface area contributed by atoms with Gasteiger partial charge < -0.3 is 19.9 Å². The topological polar surface area (TPSA) is 119 Å². The quantitative estimate of drug-likeness (QED) is 0.170. The van der Waals surface area contributed by atoms with Crippen LogP contribution < -0.4 is 5.32 Å². The second-order valence-corrected chi connectivity index (χ2v) is 11.3. The van der Waals surface area contributed by atoms with Crippen LogP contribution in [-0.4, -0.2) is 42.8 Å². The summed E-state index contributed by atoms with van der Waals surface area (Å²) in [7, 11) is 0. The molecule has 5 aromatic rings. The van der Waals surface area contributed by atoms with E-state index in [9.17, 15) is 9.90 Å². The van der Waals surface area contributed by atoms with E-state index in [1.807, 2.05) is 72.8 Å². The van der Waals surface area contributed by atoms with Crippen molar-refractivity contribution in [2.75, 3.05) is 5.75 Å². The van der Waals surface area contributed by atoms with E-state index in [2.05, 4.69) is 32.2 Å². The maximum absolute atomic E-state index is 12.7. The molecule has 0 saturated carbocycles. The predicted molar refractivity (Wildman–Crippen MR) is 163 cm³/mol. The highest BCUT2D eigenvalue weighted by molar-refractivity contribution is 7.99. The Balaban J connectivity index is 1.15. The van der Waals surface area contributed by atoms with Crippen LogP contribution in [0.2, 0.25) is 0 Å². The van der Waals surface area contributed by atoms with E-state index < -0.39 is 6.29 Å². The summed E-state index contributed by atoms with van der Waals surface area (Å²) >= 11 is 1.56. The summed E-state index contributed by atoms with van der Waals surface area (Å²) in [5.74, 6) is 0.436. The molecule has 3 aromatic carbocycles. The van der Waals surface area contributed by atoms with E-state index in [1.165, 1.54) is 6.20 Å². The molecule has 0 bridgehead atoms. The molecule has 4 atom stereocenters. The van der Waals surface area contributed by atoms with Crippen molar-refractivity contribution in [3.63, 3.8) is 0 Å². The molecule has 10 heteroatoms. The molecule has 9 nitrogen and oxygen atoms in total. The number of benzene rings is 3. The summed E-state index contributed by atoms with van der Waals surface area (Å²) in [6.45, 7) is 2.46.